The van der Waals surface area contributed by atoms with Crippen LogP contribution in [-0.2, 0) is 14.4 Å². The number of carbonyl (C=O) groups is 3. The molecule has 1 aromatic rings. The summed E-state index contributed by atoms with van der Waals surface area (Å²) in [6, 6.07) is 3.42. The van der Waals surface area contributed by atoms with Crippen molar-refractivity contribution in [3.8, 4) is 0 Å². The number of hydrogen-bond donors (Lipinski definition) is 2. The number of rotatable bonds is 4. The van der Waals surface area contributed by atoms with Crippen LogP contribution in [0.3, 0.4) is 0 Å². The number of aliphatic carboxylic acids is 1. The number of nitrogens with zero attached hydrogens (tertiary/aromatic N) is 1. The van der Waals surface area contributed by atoms with Crippen LogP contribution in [0, 0.1) is 11.7 Å². The Labute approximate surface area is 130 Å². The van der Waals surface area contributed by atoms with Crippen LogP contribution in [0.2, 0.25) is 5.02 Å². The third-order valence-corrected chi connectivity index (χ3v) is 3.93. The van der Waals surface area contributed by atoms with Gasteiger partial charge in [0.25, 0.3) is 0 Å². The van der Waals surface area contributed by atoms with E-state index in [1.165, 1.54) is 24.1 Å². The van der Waals surface area contributed by atoms with E-state index in [-0.39, 0.29) is 17.4 Å². The van der Waals surface area contributed by atoms with Gasteiger partial charge in [-0.05, 0) is 17.7 Å². The predicted molar refractivity (Wildman–Crippen MR) is 75.7 cm³/mol. The molecule has 0 bridgehead atoms. The fourth-order valence-electron chi connectivity index (χ4n) is 2.55. The summed E-state index contributed by atoms with van der Waals surface area (Å²) in [6.45, 7) is -0.533. The lowest BCUT2D eigenvalue weighted by Gasteiger charge is -2.25. The molecule has 2 rings (SSSR count). The summed E-state index contributed by atoms with van der Waals surface area (Å²) in [6.07, 6.45) is -0.0587. The maximum Gasteiger partial charge on any atom is 0.322 e. The van der Waals surface area contributed by atoms with Gasteiger partial charge in [0, 0.05) is 13.5 Å². The lowest BCUT2D eigenvalue weighted by molar-refractivity contribution is -0.138. The Bertz CT molecular complexity index is 637. The molecule has 0 radical (unpaired) electrons. The van der Waals surface area contributed by atoms with E-state index in [0.717, 1.165) is 0 Å². The third kappa shape index (κ3) is 3.19. The largest absolute Gasteiger partial charge is 0.480 e. The maximum atomic E-state index is 13.6. The molecule has 0 aromatic heterocycles. The fourth-order valence-corrected chi connectivity index (χ4v) is 2.67. The first kappa shape index (κ1) is 16.2. The third-order valence-electron chi connectivity index (χ3n) is 3.62. The summed E-state index contributed by atoms with van der Waals surface area (Å²) in [7, 11) is 1.52. The number of halogens is 2. The summed E-state index contributed by atoms with van der Waals surface area (Å²) >= 11 is 5.64. The van der Waals surface area contributed by atoms with Gasteiger partial charge in [-0.1, -0.05) is 17.7 Å². The summed E-state index contributed by atoms with van der Waals surface area (Å²) in [4.78, 5) is 35.9. The normalized spacial score (nSPS) is 21.0. The Morgan fingerprint density at radius 1 is 1.50 bits per heavy atom. The van der Waals surface area contributed by atoms with Crippen LogP contribution in [0.15, 0.2) is 18.2 Å². The van der Waals surface area contributed by atoms with E-state index >= 15 is 0 Å². The van der Waals surface area contributed by atoms with E-state index in [1.807, 2.05) is 0 Å². The molecule has 8 heteroatoms. The number of carboxylic acid groups (broad SMARTS) is 1. The van der Waals surface area contributed by atoms with Crippen molar-refractivity contribution < 1.29 is 23.9 Å². The summed E-state index contributed by atoms with van der Waals surface area (Å²) in [5, 5.41) is 10.8. The zero-order chi connectivity index (χ0) is 16.4. The van der Waals surface area contributed by atoms with Crippen LogP contribution >= 0.6 is 11.6 Å². The fraction of sp³-hybridized carbons (Fsp3) is 0.357. The lowest BCUT2D eigenvalue weighted by atomic mass is 9.93. The molecule has 2 amide bonds. The van der Waals surface area contributed by atoms with Crippen LogP contribution in [-0.4, -0.2) is 41.4 Å². The van der Waals surface area contributed by atoms with Crippen LogP contribution in [0.4, 0.5) is 4.39 Å². The number of carboxylic acids is 1. The van der Waals surface area contributed by atoms with E-state index in [0.29, 0.717) is 5.56 Å². The molecule has 6 nitrogen and oxygen atoms in total. The molecule has 0 saturated carbocycles. The maximum absolute atomic E-state index is 13.6. The smallest absolute Gasteiger partial charge is 0.322 e. The molecule has 0 spiro atoms. The summed E-state index contributed by atoms with van der Waals surface area (Å²) < 4.78 is 13.6. The molecule has 2 N–H and O–H groups in total. The highest BCUT2D eigenvalue weighted by Gasteiger charge is 2.42. The van der Waals surface area contributed by atoms with Crippen molar-refractivity contribution in [1.82, 2.24) is 10.2 Å². The Balaban J connectivity index is 2.28. The molecule has 1 aromatic carbocycles. The molecular formula is C14H14ClFN2O4. The first-order valence-corrected chi connectivity index (χ1v) is 6.89. The van der Waals surface area contributed by atoms with Crippen molar-refractivity contribution in [3.63, 3.8) is 0 Å². The number of amides is 2. The predicted octanol–water partition coefficient (Wildman–Crippen LogP) is 1.20. The van der Waals surface area contributed by atoms with Crippen molar-refractivity contribution >= 4 is 29.4 Å². The summed E-state index contributed by atoms with van der Waals surface area (Å²) in [5.41, 5.74) is 0.436. The van der Waals surface area contributed by atoms with E-state index in [1.54, 1.807) is 6.07 Å². The van der Waals surface area contributed by atoms with Crippen molar-refractivity contribution in [2.45, 2.75) is 12.5 Å². The second-order valence-corrected chi connectivity index (χ2v) is 5.45. The highest BCUT2D eigenvalue weighted by molar-refractivity contribution is 6.30. The Morgan fingerprint density at radius 2 is 2.18 bits per heavy atom. The second kappa shape index (κ2) is 6.31. The van der Waals surface area contributed by atoms with Crippen LogP contribution in [0.1, 0.15) is 18.0 Å². The van der Waals surface area contributed by atoms with E-state index < -0.39 is 36.2 Å². The molecule has 0 aliphatic carbocycles. The molecule has 1 aliphatic heterocycles. The molecule has 22 heavy (non-hydrogen) atoms. The number of hydrogen-bond acceptors (Lipinski definition) is 3. The SMILES string of the molecule is CN1C(=O)CC(C(=O)NCC(=O)O)C1c1ccc(Cl)c(F)c1. The van der Waals surface area contributed by atoms with Crippen molar-refractivity contribution in [2.75, 3.05) is 13.6 Å². The molecule has 118 valence electrons. The zero-order valence-electron chi connectivity index (χ0n) is 11.7. The van der Waals surface area contributed by atoms with Crippen molar-refractivity contribution in [1.29, 1.82) is 0 Å². The number of benzene rings is 1. The first-order chi connectivity index (χ1) is 10.3. The molecule has 1 heterocycles. The topological polar surface area (TPSA) is 86.7 Å². The minimum Gasteiger partial charge on any atom is -0.480 e. The molecule has 2 unspecified atom stereocenters. The molecule has 1 fully saturated rings. The first-order valence-electron chi connectivity index (χ1n) is 6.51. The van der Waals surface area contributed by atoms with Gasteiger partial charge in [-0.2, -0.15) is 0 Å². The van der Waals surface area contributed by atoms with Gasteiger partial charge in [0.05, 0.1) is 17.0 Å². The number of likely N-dealkylation sites (tertiary alicyclic amines) is 1. The van der Waals surface area contributed by atoms with E-state index in [4.69, 9.17) is 16.7 Å². The van der Waals surface area contributed by atoms with Gasteiger partial charge < -0.3 is 15.3 Å². The standard InChI is InChI=1S/C14H14ClFN2O4/c1-18-11(19)5-8(14(22)17-6-12(20)21)13(18)7-2-3-9(15)10(16)4-7/h2-4,8,13H,5-6H2,1H3,(H,17,22)(H,20,21). The zero-order valence-corrected chi connectivity index (χ0v) is 12.4. The lowest BCUT2D eigenvalue weighted by Crippen LogP contribution is -2.37. The van der Waals surface area contributed by atoms with Gasteiger partial charge in [-0.15, -0.1) is 0 Å². The highest BCUT2D eigenvalue weighted by Crippen LogP contribution is 2.37. The number of carbonyl (C=O) groups excluding carboxylic acids is 2. The van der Waals surface area contributed by atoms with Gasteiger partial charge >= 0.3 is 5.97 Å². The summed E-state index contributed by atoms with van der Waals surface area (Å²) in [5.74, 6) is -3.43. The quantitative estimate of drug-likeness (QED) is 0.869. The Kier molecular flexibility index (Phi) is 4.65. The average molecular weight is 329 g/mol. The molecule has 1 saturated heterocycles. The van der Waals surface area contributed by atoms with Crippen LogP contribution < -0.4 is 5.32 Å². The minimum absolute atomic E-state index is 0.0531. The Morgan fingerprint density at radius 3 is 2.77 bits per heavy atom. The molecule has 2 atom stereocenters. The van der Waals surface area contributed by atoms with Crippen molar-refractivity contribution in [3.05, 3.63) is 34.6 Å². The van der Waals surface area contributed by atoms with Gasteiger partial charge in [0.2, 0.25) is 11.8 Å². The van der Waals surface area contributed by atoms with Gasteiger partial charge in [-0.3, -0.25) is 14.4 Å². The van der Waals surface area contributed by atoms with Gasteiger partial charge in [0.15, 0.2) is 0 Å². The average Bonchev–Trinajstić information content (AvgIpc) is 2.75. The van der Waals surface area contributed by atoms with Gasteiger partial charge in [0.1, 0.15) is 12.4 Å². The van der Waals surface area contributed by atoms with Crippen molar-refractivity contribution in [2.24, 2.45) is 5.92 Å². The minimum atomic E-state index is -1.18. The van der Waals surface area contributed by atoms with Crippen LogP contribution in [0.5, 0.6) is 0 Å². The second-order valence-electron chi connectivity index (χ2n) is 5.05. The van der Waals surface area contributed by atoms with Crippen LogP contribution in [0.25, 0.3) is 0 Å². The molecule has 1 aliphatic rings. The van der Waals surface area contributed by atoms with E-state index in [2.05, 4.69) is 5.32 Å². The van der Waals surface area contributed by atoms with E-state index in [9.17, 15) is 18.8 Å². The highest BCUT2D eigenvalue weighted by atomic mass is 35.5. The monoisotopic (exact) mass is 328 g/mol. The number of nitrogens with one attached hydrogen (secondary N) is 1. The molecular weight excluding hydrogens is 315 g/mol. The Hall–Kier alpha value is -2.15. The van der Waals surface area contributed by atoms with Gasteiger partial charge in [-0.25, -0.2) is 4.39 Å².